The Labute approximate surface area is 154 Å². The largest absolute Gasteiger partial charge is 0.412 e. The first-order valence-corrected chi connectivity index (χ1v) is 11.7. The molecule has 0 bridgehead atoms. The predicted molar refractivity (Wildman–Crippen MR) is 98.4 cm³/mol. The summed E-state index contributed by atoms with van der Waals surface area (Å²) in [7, 11) is -2.06. The van der Waals surface area contributed by atoms with Gasteiger partial charge in [0.2, 0.25) is 0 Å². The van der Waals surface area contributed by atoms with Gasteiger partial charge in [-0.25, -0.2) is 8.78 Å². The number of hydrogen-bond acceptors (Lipinski definition) is 2. The fourth-order valence-corrected chi connectivity index (χ4v) is 4.20. The summed E-state index contributed by atoms with van der Waals surface area (Å²) in [4.78, 5) is 13.6. The Morgan fingerprint density at radius 2 is 2.00 bits per heavy atom. The quantitative estimate of drug-likeness (QED) is 0.682. The molecule has 2 rings (SSSR count). The van der Waals surface area contributed by atoms with Gasteiger partial charge in [-0.3, -0.25) is 4.79 Å². The van der Waals surface area contributed by atoms with Gasteiger partial charge >= 0.3 is 0 Å². The monoisotopic (exact) mass is 389 g/mol. The van der Waals surface area contributed by atoms with Crippen molar-refractivity contribution in [3.8, 4) is 0 Å². The van der Waals surface area contributed by atoms with Gasteiger partial charge in [-0.2, -0.15) is 0 Å². The van der Waals surface area contributed by atoms with Crippen LogP contribution in [0.3, 0.4) is 0 Å². The normalized spacial score (nSPS) is 22.4. The standard InChI is InChI=1S/C18H26ClF2NO2Si/c1-18(2,3)25(4,5)24-14-9-16(21)17(23)22(11-14)10-12-6-7-13(20)8-15(12)19/h6-8,14,16H,9-11H2,1-5H3/t14-,16?/m1/s1. The third-order valence-electron chi connectivity index (χ3n) is 5.12. The SMILES string of the molecule is CC(C)(C)[Si](C)(C)O[C@@H]1CC(F)C(=O)N(Cc2ccc(F)cc2Cl)C1. The fraction of sp³-hybridized carbons (Fsp3) is 0.611. The molecule has 0 aromatic heterocycles. The molecule has 0 radical (unpaired) electrons. The molecule has 1 amide bonds. The second-order valence-corrected chi connectivity index (χ2v) is 13.3. The van der Waals surface area contributed by atoms with Crippen LogP contribution in [0.15, 0.2) is 18.2 Å². The topological polar surface area (TPSA) is 29.5 Å². The zero-order valence-electron chi connectivity index (χ0n) is 15.4. The van der Waals surface area contributed by atoms with Crippen molar-refractivity contribution in [2.75, 3.05) is 6.54 Å². The minimum Gasteiger partial charge on any atom is -0.412 e. The second-order valence-electron chi connectivity index (χ2n) is 8.16. The van der Waals surface area contributed by atoms with Crippen LogP contribution >= 0.6 is 11.6 Å². The smallest absolute Gasteiger partial charge is 0.257 e. The van der Waals surface area contributed by atoms with Crippen molar-refractivity contribution in [3.05, 3.63) is 34.6 Å². The first kappa shape index (κ1) is 20.3. The molecule has 0 saturated carbocycles. The van der Waals surface area contributed by atoms with Gasteiger partial charge in [0.25, 0.3) is 5.91 Å². The highest BCUT2D eigenvalue weighted by Crippen LogP contribution is 2.38. The van der Waals surface area contributed by atoms with Crippen molar-refractivity contribution in [3.63, 3.8) is 0 Å². The number of rotatable bonds is 4. The lowest BCUT2D eigenvalue weighted by molar-refractivity contribution is -0.144. The number of carbonyl (C=O) groups excluding carboxylic acids is 1. The van der Waals surface area contributed by atoms with Crippen LogP contribution in [-0.4, -0.2) is 37.9 Å². The van der Waals surface area contributed by atoms with Gasteiger partial charge in [0, 0.05) is 24.5 Å². The highest BCUT2D eigenvalue weighted by molar-refractivity contribution is 6.74. The predicted octanol–water partition coefficient (Wildman–Crippen LogP) is 4.94. The summed E-state index contributed by atoms with van der Waals surface area (Å²) in [6, 6.07) is 4.00. The highest BCUT2D eigenvalue weighted by Gasteiger charge is 2.43. The molecule has 2 atom stereocenters. The molecular weight excluding hydrogens is 364 g/mol. The van der Waals surface area contributed by atoms with E-state index in [2.05, 4.69) is 33.9 Å². The molecule has 1 saturated heterocycles. The summed E-state index contributed by atoms with van der Waals surface area (Å²) in [5.74, 6) is -1.00. The Morgan fingerprint density at radius 3 is 2.56 bits per heavy atom. The Hall–Kier alpha value is -0.983. The lowest BCUT2D eigenvalue weighted by Gasteiger charge is -2.43. The first-order chi connectivity index (χ1) is 11.4. The highest BCUT2D eigenvalue weighted by atomic mass is 35.5. The minimum absolute atomic E-state index is 0.00532. The third kappa shape index (κ3) is 4.80. The van der Waals surface area contributed by atoms with Crippen molar-refractivity contribution in [2.45, 2.75) is 64.1 Å². The molecule has 1 unspecified atom stereocenters. The molecule has 1 aliphatic heterocycles. The van der Waals surface area contributed by atoms with Gasteiger partial charge in [0.15, 0.2) is 14.5 Å². The molecule has 25 heavy (non-hydrogen) atoms. The van der Waals surface area contributed by atoms with Crippen molar-refractivity contribution in [1.29, 1.82) is 0 Å². The summed E-state index contributed by atoms with van der Waals surface area (Å²) in [6.07, 6.45) is -1.84. The van der Waals surface area contributed by atoms with Crippen molar-refractivity contribution < 1.29 is 18.0 Å². The molecule has 1 aromatic carbocycles. The van der Waals surface area contributed by atoms with E-state index >= 15 is 0 Å². The van der Waals surface area contributed by atoms with Crippen LogP contribution in [0.25, 0.3) is 0 Å². The van der Waals surface area contributed by atoms with E-state index in [1.54, 1.807) is 0 Å². The van der Waals surface area contributed by atoms with E-state index in [1.165, 1.54) is 23.1 Å². The zero-order chi connectivity index (χ0) is 19.0. The number of piperidine rings is 1. The number of nitrogens with zero attached hydrogens (tertiary/aromatic N) is 1. The number of halogens is 3. The van der Waals surface area contributed by atoms with Gasteiger partial charge in [0.1, 0.15) is 5.82 Å². The van der Waals surface area contributed by atoms with Crippen LogP contribution in [0.4, 0.5) is 8.78 Å². The Balaban J connectivity index is 2.14. The third-order valence-corrected chi connectivity index (χ3v) is 10.0. The van der Waals surface area contributed by atoms with Gasteiger partial charge in [-0.1, -0.05) is 38.4 Å². The van der Waals surface area contributed by atoms with E-state index in [1.807, 2.05) is 0 Å². The molecule has 0 spiro atoms. The molecule has 1 aliphatic rings. The molecule has 1 aromatic rings. The molecule has 140 valence electrons. The Bertz CT molecular complexity index is 648. The molecule has 7 heteroatoms. The summed E-state index contributed by atoms with van der Waals surface area (Å²) < 4.78 is 33.7. The Morgan fingerprint density at radius 1 is 1.36 bits per heavy atom. The van der Waals surface area contributed by atoms with Crippen molar-refractivity contribution in [2.24, 2.45) is 0 Å². The maximum Gasteiger partial charge on any atom is 0.257 e. The second kappa shape index (κ2) is 7.33. The van der Waals surface area contributed by atoms with Gasteiger partial charge < -0.3 is 9.33 Å². The van der Waals surface area contributed by atoms with Gasteiger partial charge in [-0.05, 0) is 35.8 Å². The van der Waals surface area contributed by atoms with E-state index < -0.39 is 26.2 Å². The number of hydrogen-bond donors (Lipinski definition) is 0. The van der Waals surface area contributed by atoms with Crippen LogP contribution in [0.2, 0.25) is 23.2 Å². The average molecular weight is 390 g/mol. The maximum atomic E-state index is 14.3. The number of carbonyl (C=O) groups is 1. The van der Waals surface area contributed by atoms with Crippen LogP contribution in [0.1, 0.15) is 32.8 Å². The van der Waals surface area contributed by atoms with Gasteiger partial charge in [0.05, 0.1) is 6.10 Å². The molecule has 0 N–H and O–H groups in total. The number of amides is 1. The number of likely N-dealkylation sites (tertiary alicyclic amines) is 1. The minimum atomic E-state index is -2.06. The van der Waals surface area contributed by atoms with Crippen molar-refractivity contribution >= 4 is 25.8 Å². The van der Waals surface area contributed by atoms with Crippen LogP contribution in [0.5, 0.6) is 0 Å². The zero-order valence-corrected chi connectivity index (χ0v) is 17.2. The van der Waals surface area contributed by atoms with E-state index in [0.717, 1.165) is 0 Å². The van der Waals surface area contributed by atoms with Crippen LogP contribution in [0, 0.1) is 5.82 Å². The van der Waals surface area contributed by atoms with Gasteiger partial charge in [-0.15, -0.1) is 0 Å². The fourth-order valence-electron chi connectivity index (χ4n) is 2.62. The van der Waals surface area contributed by atoms with Crippen LogP contribution in [-0.2, 0) is 15.8 Å². The average Bonchev–Trinajstić information content (AvgIpc) is 2.45. The van der Waals surface area contributed by atoms with Crippen LogP contribution < -0.4 is 0 Å². The number of benzene rings is 1. The van der Waals surface area contributed by atoms with E-state index in [4.69, 9.17) is 16.0 Å². The maximum absolute atomic E-state index is 14.3. The molecule has 0 aliphatic carbocycles. The summed E-state index contributed by atoms with van der Waals surface area (Å²) in [5, 5.41) is 0.237. The molecule has 1 fully saturated rings. The summed E-state index contributed by atoms with van der Waals surface area (Å²) in [6.45, 7) is 11.0. The van der Waals surface area contributed by atoms with Crippen molar-refractivity contribution in [1.82, 2.24) is 4.90 Å². The van der Waals surface area contributed by atoms with E-state index in [-0.39, 0.29) is 29.1 Å². The number of alkyl halides is 1. The lowest BCUT2D eigenvalue weighted by atomic mass is 10.0. The summed E-state index contributed by atoms with van der Waals surface area (Å²) >= 11 is 6.04. The Kier molecular flexibility index (Phi) is 5.96. The molecule has 1 heterocycles. The van der Waals surface area contributed by atoms with E-state index in [9.17, 15) is 13.6 Å². The first-order valence-electron chi connectivity index (χ1n) is 8.45. The lowest BCUT2D eigenvalue weighted by Crippen LogP contribution is -2.53. The molecule has 3 nitrogen and oxygen atoms in total. The van der Waals surface area contributed by atoms with E-state index in [0.29, 0.717) is 12.1 Å². The molecular formula is C18H26ClF2NO2Si. The summed E-state index contributed by atoms with van der Waals surface area (Å²) in [5.41, 5.74) is 0.594.